The van der Waals surface area contributed by atoms with E-state index in [2.05, 4.69) is 0 Å². The number of hydrogen-bond acceptors (Lipinski definition) is 13. The summed E-state index contributed by atoms with van der Waals surface area (Å²) >= 11 is 0. The van der Waals surface area contributed by atoms with Crippen LogP contribution >= 0.6 is 0 Å². The normalized spacial score (nSPS) is 36.4. The topological polar surface area (TPSA) is 162 Å². The van der Waals surface area contributed by atoms with E-state index in [1.807, 2.05) is 0 Å². The maximum Gasteiger partial charge on any atom is 0.344 e. The number of esters is 4. The van der Waals surface area contributed by atoms with Gasteiger partial charge in [0.05, 0.1) is 23.3 Å². The van der Waals surface area contributed by atoms with Crippen molar-refractivity contribution in [1.29, 1.82) is 0 Å². The first kappa shape index (κ1) is 42.9. The molecule has 0 amide bonds. The predicted molar refractivity (Wildman–Crippen MR) is 180 cm³/mol. The summed E-state index contributed by atoms with van der Waals surface area (Å²) < 4.78 is 157. The Morgan fingerprint density at radius 3 is 1.42 bits per heavy atom. The number of rotatable bonds is 8. The summed E-state index contributed by atoms with van der Waals surface area (Å²) in [4.78, 5) is 51.9. The van der Waals surface area contributed by atoms with E-state index < -0.39 is 145 Å². The molecule has 10 rings (SSSR count). The third-order valence-corrected chi connectivity index (χ3v) is 13.0. The maximum atomic E-state index is 14.3. The molecule has 1 N–H and O–H groups in total. The van der Waals surface area contributed by atoms with E-state index in [1.165, 1.54) is 0 Å². The number of alkyl halides is 8. The van der Waals surface area contributed by atoms with Crippen LogP contribution in [-0.4, -0.2) is 122 Å². The van der Waals surface area contributed by atoms with Crippen molar-refractivity contribution < 1.29 is 97.3 Å². The molecule has 0 aromatic heterocycles. The molecule has 4 unspecified atom stereocenters. The van der Waals surface area contributed by atoms with E-state index in [9.17, 15) is 59.4 Å². The van der Waals surface area contributed by atoms with E-state index >= 15 is 0 Å². The fourth-order valence-corrected chi connectivity index (χ4v) is 10.7. The average Bonchev–Trinajstić information content (AvgIpc) is 3.25. The number of benzene rings is 1. The van der Waals surface area contributed by atoms with Crippen LogP contribution in [0.1, 0.15) is 84.9 Å². The van der Waals surface area contributed by atoms with Gasteiger partial charge in [0.15, 0.2) is 19.0 Å². The number of phenolic OH excluding ortho intramolecular Hbond substituents is 1. The lowest BCUT2D eigenvalue weighted by Gasteiger charge is -2.62. The molecule has 3 aliphatic heterocycles. The highest BCUT2D eigenvalue weighted by Crippen LogP contribution is 2.64. The van der Waals surface area contributed by atoms with Gasteiger partial charge in [-0.25, -0.2) is 19.2 Å². The summed E-state index contributed by atoms with van der Waals surface area (Å²) in [6, 6.07) is 2.81. The summed E-state index contributed by atoms with van der Waals surface area (Å²) in [5, 5.41) is 10.3. The van der Waals surface area contributed by atoms with E-state index in [4.69, 9.17) is 37.9 Å². The summed E-state index contributed by atoms with van der Waals surface area (Å²) in [5.41, 5.74) is -3.25. The quantitative estimate of drug-likeness (QED) is 0.191. The Kier molecular flexibility index (Phi) is 10.7. The van der Waals surface area contributed by atoms with Crippen molar-refractivity contribution in [3.8, 4) is 5.75 Å². The van der Waals surface area contributed by atoms with Gasteiger partial charge in [0, 0.05) is 24.7 Å². The first-order chi connectivity index (χ1) is 28.0. The van der Waals surface area contributed by atoms with Gasteiger partial charge in [0.25, 0.3) is 0 Å². The van der Waals surface area contributed by atoms with Gasteiger partial charge in [-0.15, -0.1) is 0 Å². The molecule has 21 heteroatoms. The smallest absolute Gasteiger partial charge is 0.344 e. The van der Waals surface area contributed by atoms with Crippen molar-refractivity contribution in [2.24, 2.45) is 23.7 Å². The van der Waals surface area contributed by atoms with Gasteiger partial charge in [-0.2, -0.15) is 35.1 Å². The van der Waals surface area contributed by atoms with Gasteiger partial charge in [-0.3, -0.25) is 0 Å². The third-order valence-electron chi connectivity index (χ3n) is 13.0. The van der Waals surface area contributed by atoms with Crippen LogP contribution in [-0.2, 0) is 47.5 Å². The largest absolute Gasteiger partial charge is 0.508 e. The highest BCUT2D eigenvalue weighted by molar-refractivity contribution is 5.97. The fourth-order valence-electron chi connectivity index (χ4n) is 10.7. The molecule has 6 aliphatic carbocycles. The van der Waals surface area contributed by atoms with E-state index in [-0.39, 0.29) is 56.8 Å². The molecule has 9 fully saturated rings. The zero-order valence-corrected chi connectivity index (χ0v) is 31.9. The van der Waals surface area contributed by atoms with E-state index in [0.29, 0.717) is 19.3 Å². The second-order valence-electron chi connectivity index (χ2n) is 17.5. The number of carbonyl (C=O) groups is 4. The molecule has 8 bridgehead atoms. The molecule has 13 nitrogen and oxygen atoms in total. The molecule has 1 aromatic carbocycles. The van der Waals surface area contributed by atoms with Gasteiger partial charge in [-0.1, -0.05) is 0 Å². The van der Waals surface area contributed by atoms with Crippen molar-refractivity contribution in [2.75, 3.05) is 39.6 Å². The minimum Gasteiger partial charge on any atom is -0.508 e. The number of carbonyl (C=O) groups excluding carboxylic acids is 4. The monoisotopic (exact) mass is 870 g/mol. The lowest BCUT2D eigenvalue weighted by molar-refractivity contribution is -0.354. The van der Waals surface area contributed by atoms with E-state index in [1.54, 1.807) is 0 Å². The summed E-state index contributed by atoms with van der Waals surface area (Å²) in [6.45, 7) is -8.06. The number of hydrogen-bond donors (Lipinski definition) is 1. The van der Waals surface area contributed by atoms with Crippen LogP contribution in [0, 0.1) is 23.7 Å². The predicted octanol–water partition coefficient (Wildman–Crippen LogP) is 5.77. The molecule has 4 atom stereocenters. The van der Waals surface area contributed by atoms with Gasteiger partial charge < -0.3 is 43.0 Å². The summed E-state index contributed by atoms with van der Waals surface area (Å²) in [7, 11) is 0. The van der Waals surface area contributed by atoms with Crippen molar-refractivity contribution in [3.05, 3.63) is 29.3 Å². The van der Waals surface area contributed by atoms with Crippen LogP contribution in [0.2, 0.25) is 0 Å². The van der Waals surface area contributed by atoms with Gasteiger partial charge in [-0.05, 0) is 81.4 Å². The Hall–Kier alpha value is -3.82. The van der Waals surface area contributed by atoms with Crippen LogP contribution in [0.15, 0.2) is 18.2 Å². The van der Waals surface area contributed by atoms with Crippen LogP contribution in [0.5, 0.6) is 5.75 Å². The van der Waals surface area contributed by atoms with Gasteiger partial charge >= 0.3 is 47.6 Å². The minimum absolute atomic E-state index is 0.0294. The van der Waals surface area contributed by atoms with Crippen LogP contribution in [0.3, 0.4) is 0 Å². The zero-order chi connectivity index (χ0) is 43.1. The average molecular weight is 871 g/mol. The molecule has 60 heavy (non-hydrogen) atoms. The Labute approximate surface area is 336 Å². The zero-order valence-electron chi connectivity index (χ0n) is 31.9. The number of ether oxygens (including phenoxy) is 8. The molecule has 1 spiro atoms. The number of halogens is 8. The highest BCUT2D eigenvalue weighted by Gasteiger charge is 2.70. The molecule has 3 heterocycles. The number of aromatic hydroxyl groups is 1. The standard InChI is InChI=1S/C39H42F8O13/c40-35(41)16-55-27-3-21-4-28(56-17-36(35,42)43)13-34(9-21,12-27)60-30(50)15-54-32(52)23-5-22(6-26(48)7-23)31(51)53-14-29(49)59-33-8-20-1-24(10-33)39(25(2-20)11-33)57-18-37(44,45)38(46,47)19-58-39/h5-7,20-21,24-25,27-28,48H,1-4,8-19H2. The van der Waals surface area contributed by atoms with Gasteiger partial charge in [0.1, 0.15) is 43.4 Å². The van der Waals surface area contributed by atoms with Crippen molar-refractivity contribution in [1.82, 2.24) is 0 Å². The second-order valence-corrected chi connectivity index (χ2v) is 17.5. The first-order valence-corrected chi connectivity index (χ1v) is 19.7. The van der Waals surface area contributed by atoms with Crippen LogP contribution < -0.4 is 0 Å². The molecular weight excluding hydrogens is 828 g/mol. The third kappa shape index (κ3) is 8.03. The summed E-state index contributed by atoms with van der Waals surface area (Å²) in [6.07, 6.45) is 0.186. The molecule has 0 radical (unpaired) electrons. The molecule has 6 saturated carbocycles. The van der Waals surface area contributed by atoms with Crippen molar-refractivity contribution >= 4 is 23.9 Å². The molecule has 332 valence electrons. The fraction of sp³-hybridized carbons (Fsp3) is 0.744. The molecule has 1 aromatic rings. The Balaban J connectivity index is 0.845. The van der Waals surface area contributed by atoms with Gasteiger partial charge in [0.2, 0.25) is 0 Å². The Morgan fingerprint density at radius 1 is 0.567 bits per heavy atom. The lowest BCUT2D eigenvalue weighted by atomic mass is 9.51. The first-order valence-electron chi connectivity index (χ1n) is 19.7. The van der Waals surface area contributed by atoms with Crippen molar-refractivity contribution in [2.45, 2.75) is 117 Å². The molecule has 9 aliphatic rings. The highest BCUT2D eigenvalue weighted by atomic mass is 19.3. The van der Waals surface area contributed by atoms with Crippen LogP contribution in [0.25, 0.3) is 0 Å². The molecule has 3 saturated heterocycles. The lowest BCUT2D eigenvalue weighted by Crippen LogP contribution is -2.66. The number of phenols is 1. The second kappa shape index (κ2) is 14.9. The Morgan fingerprint density at radius 2 is 0.967 bits per heavy atom. The Bertz CT molecular complexity index is 1830. The number of fused-ring (bicyclic) bond motifs is 5. The SMILES string of the molecule is O=C(COC(=O)c1cc(O)cc(C(=O)OCC(=O)OC23CC4CC(C2)C2(OCC(F)(F)C(F)(F)CO2)C(C4)C3)c1)OC12CC3CC(C1)OCC(F)(F)C(F)(F)COC(C3)C2. The van der Waals surface area contributed by atoms with Crippen molar-refractivity contribution in [3.63, 3.8) is 0 Å². The maximum absolute atomic E-state index is 14.3. The van der Waals surface area contributed by atoms with Crippen LogP contribution in [0.4, 0.5) is 35.1 Å². The minimum atomic E-state index is -4.49. The molecular formula is C39H42F8O13. The summed E-state index contributed by atoms with van der Waals surface area (Å²) in [5.74, 6) is -26.1. The van der Waals surface area contributed by atoms with E-state index in [0.717, 1.165) is 18.2 Å².